The average molecular weight is 467 g/mol. The molecule has 0 bridgehead atoms. The maximum absolute atomic E-state index is 13.2. The van der Waals surface area contributed by atoms with Gasteiger partial charge in [0, 0.05) is 17.5 Å². The maximum atomic E-state index is 13.2. The van der Waals surface area contributed by atoms with E-state index >= 15 is 0 Å². The number of aryl methyl sites for hydroxylation is 1. The van der Waals surface area contributed by atoms with Gasteiger partial charge in [0.1, 0.15) is 6.26 Å². The predicted octanol–water partition coefficient (Wildman–Crippen LogP) is 5.63. The number of rotatable bonds is 5. The minimum absolute atomic E-state index is 0.141. The molecule has 0 saturated heterocycles. The third-order valence-corrected chi connectivity index (χ3v) is 6.35. The summed E-state index contributed by atoms with van der Waals surface area (Å²) in [6.07, 6.45) is 4.08. The summed E-state index contributed by atoms with van der Waals surface area (Å²) in [4.78, 5) is 17.4. The van der Waals surface area contributed by atoms with Crippen LogP contribution in [0.5, 0.6) is 0 Å². The lowest BCUT2D eigenvalue weighted by atomic mass is 9.98. The van der Waals surface area contributed by atoms with Crippen LogP contribution in [0.15, 0.2) is 82.4 Å². The van der Waals surface area contributed by atoms with Crippen LogP contribution in [-0.2, 0) is 9.84 Å². The zero-order valence-corrected chi connectivity index (χ0v) is 18.9. The first kappa shape index (κ1) is 21.8. The van der Waals surface area contributed by atoms with Crippen molar-refractivity contribution in [2.75, 3.05) is 11.6 Å². The molecule has 1 N–H and O–H groups in total. The first-order valence-electron chi connectivity index (χ1n) is 9.64. The van der Waals surface area contributed by atoms with Gasteiger partial charge in [-0.3, -0.25) is 4.79 Å². The second-order valence-corrected chi connectivity index (χ2v) is 9.75. The number of hydrogen-bond acceptors (Lipinski definition) is 5. The average Bonchev–Trinajstić information content (AvgIpc) is 3.29. The van der Waals surface area contributed by atoms with Crippen LogP contribution in [-0.4, -0.2) is 25.6 Å². The van der Waals surface area contributed by atoms with Crippen molar-refractivity contribution in [2.24, 2.45) is 0 Å². The number of carbonyl (C=O) groups excluding carboxylic acids is 1. The largest absolute Gasteiger partial charge is 0.444 e. The number of amides is 1. The maximum Gasteiger partial charge on any atom is 0.256 e. The molecule has 0 atom stereocenters. The van der Waals surface area contributed by atoms with Gasteiger partial charge < -0.3 is 9.73 Å². The van der Waals surface area contributed by atoms with Crippen molar-refractivity contribution in [1.82, 2.24) is 4.98 Å². The van der Waals surface area contributed by atoms with Gasteiger partial charge in [-0.05, 0) is 54.4 Å². The number of nitrogens with zero attached hydrogens (tertiary/aromatic N) is 1. The summed E-state index contributed by atoms with van der Waals surface area (Å²) >= 11 is 6.25. The fraction of sp³-hybridized carbons (Fsp3) is 0.0833. The highest BCUT2D eigenvalue weighted by Crippen LogP contribution is 2.31. The third-order valence-electron chi connectivity index (χ3n) is 4.91. The molecule has 1 aromatic heterocycles. The van der Waals surface area contributed by atoms with E-state index < -0.39 is 9.84 Å². The number of oxazole rings is 1. The molecule has 8 heteroatoms. The zero-order valence-electron chi connectivity index (χ0n) is 17.3. The molecular formula is C24H19ClN2O4S. The second-order valence-electron chi connectivity index (χ2n) is 7.33. The molecule has 4 aromatic rings. The Balaban J connectivity index is 1.74. The van der Waals surface area contributed by atoms with Crippen LogP contribution in [0, 0.1) is 6.92 Å². The fourth-order valence-electron chi connectivity index (χ4n) is 3.25. The molecule has 6 nitrogen and oxygen atoms in total. The van der Waals surface area contributed by atoms with E-state index in [-0.39, 0.29) is 10.8 Å². The minimum atomic E-state index is -3.44. The lowest BCUT2D eigenvalue weighted by Crippen LogP contribution is -2.14. The van der Waals surface area contributed by atoms with Gasteiger partial charge in [0.15, 0.2) is 9.84 Å². The normalized spacial score (nSPS) is 11.3. The van der Waals surface area contributed by atoms with Gasteiger partial charge >= 0.3 is 0 Å². The SMILES string of the molecule is Cc1ccc(-c2cc(S(C)(=O)=O)ccc2C(=O)Nc2ccc(Cl)c(-c3ncco3)c2)cc1. The topological polar surface area (TPSA) is 89.3 Å². The fourth-order valence-corrected chi connectivity index (χ4v) is 4.09. The van der Waals surface area contributed by atoms with Crippen molar-refractivity contribution < 1.29 is 17.6 Å². The summed E-state index contributed by atoms with van der Waals surface area (Å²) in [5.74, 6) is -0.0507. The Morgan fingerprint density at radius 2 is 1.75 bits per heavy atom. The predicted molar refractivity (Wildman–Crippen MR) is 125 cm³/mol. The summed E-state index contributed by atoms with van der Waals surface area (Å²) in [6.45, 7) is 1.95. The van der Waals surface area contributed by atoms with Gasteiger partial charge in [-0.1, -0.05) is 41.4 Å². The monoisotopic (exact) mass is 466 g/mol. The number of carbonyl (C=O) groups is 1. The van der Waals surface area contributed by atoms with E-state index in [1.165, 1.54) is 30.7 Å². The Morgan fingerprint density at radius 1 is 1.00 bits per heavy atom. The molecule has 0 saturated carbocycles. The number of sulfone groups is 1. The highest BCUT2D eigenvalue weighted by Gasteiger charge is 2.18. The van der Waals surface area contributed by atoms with Crippen LogP contribution in [0.4, 0.5) is 5.69 Å². The number of anilines is 1. The quantitative estimate of drug-likeness (QED) is 0.412. The van der Waals surface area contributed by atoms with Crippen molar-refractivity contribution in [1.29, 1.82) is 0 Å². The number of aromatic nitrogens is 1. The minimum Gasteiger partial charge on any atom is -0.444 e. The van der Waals surface area contributed by atoms with Gasteiger partial charge in [0.25, 0.3) is 5.91 Å². The van der Waals surface area contributed by atoms with Gasteiger partial charge in [0.05, 0.1) is 21.7 Å². The molecule has 0 fully saturated rings. The highest BCUT2D eigenvalue weighted by molar-refractivity contribution is 7.90. The molecule has 0 aliphatic rings. The standard InChI is InChI=1S/C24H19ClN2O4S/c1-15-3-5-16(6-4-15)20-14-18(32(2,29)30)8-9-19(20)23(28)27-17-7-10-22(25)21(13-17)24-26-11-12-31-24/h3-14H,1-2H3,(H,27,28). The first-order valence-corrected chi connectivity index (χ1v) is 11.9. The lowest BCUT2D eigenvalue weighted by molar-refractivity contribution is 0.102. The summed E-state index contributed by atoms with van der Waals surface area (Å²) in [5.41, 5.74) is 3.69. The summed E-state index contributed by atoms with van der Waals surface area (Å²) in [5, 5.41) is 3.28. The van der Waals surface area contributed by atoms with Crippen LogP contribution in [0.3, 0.4) is 0 Å². The number of halogens is 1. The van der Waals surface area contributed by atoms with Crippen molar-refractivity contribution in [3.8, 4) is 22.6 Å². The molecule has 3 aromatic carbocycles. The number of benzene rings is 3. The summed E-state index contributed by atoms with van der Waals surface area (Å²) in [7, 11) is -3.44. The van der Waals surface area contributed by atoms with Crippen LogP contribution in [0.2, 0.25) is 5.02 Å². The van der Waals surface area contributed by atoms with E-state index in [1.54, 1.807) is 18.2 Å². The molecule has 0 radical (unpaired) electrons. The molecule has 1 heterocycles. The van der Waals surface area contributed by atoms with E-state index in [9.17, 15) is 13.2 Å². The molecule has 32 heavy (non-hydrogen) atoms. The molecular weight excluding hydrogens is 448 g/mol. The Morgan fingerprint density at radius 3 is 2.41 bits per heavy atom. The Labute approximate surface area is 190 Å². The molecule has 1 amide bonds. The van der Waals surface area contributed by atoms with E-state index in [2.05, 4.69) is 10.3 Å². The van der Waals surface area contributed by atoms with Gasteiger partial charge in [0.2, 0.25) is 5.89 Å². The van der Waals surface area contributed by atoms with E-state index in [4.69, 9.17) is 16.0 Å². The Bertz CT molecular complexity index is 1400. The van der Waals surface area contributed by atoms with Crippen molar-refractivity contribution in [3.63, 3.8) is 0 Å². The first-order chi connectivity index (χ1) is 15.2. The van der Waals surface area contributed by atoms with Crippen LogP contribution >= 0.6 is 11.6 Å². The second kappa shape index (κ2) is 8.61. The molecule has 4 rings (SSSR count). The van der Waals surface area contributed by atoms with Crippen LogP contribution < -0.4 is 5.32 Å². The molecule has 0 unspecified atom stereocenters. The van der Waals surface area contributed by atoms with Crippen molar-refractivity contribution in [2.45, 2.75) is 11.8 Å². The van der Waals surface area contributed by atoms with Crippen LogP contribution in [0.1, 0.15) is 15.9 Å². The van der Waals surface area contributed by atoms with E-state index in [1.807, 2.05) is 31.2 Å². The molecule has 0 aliphatic heterocycles. The van der Waals surface area contributed by atoms with Gasteiger partial charge in [-0.25, -0.2) is 13.4 Å². The van der Waals surface area contributed by atoms with Crippen molar-refractivity contribution in [3.05, 3.63) is 89.3 Å². The van der Waals surface area contributed by atoms with Gasteiger partial charge in [-0.15, -0.1) is 0 Å². The molecule has 0 aliphatic carbocycles. The Hall–Kier alpha value is -3.42. The number of nitrogens with one attached hydrogen (secondary N) is 1. The highest BCUT2D eigenvalue weighted by atomic mass is 35.5. The van der Waals surface area contributed by atoms with E-state index in [0.717, 1.165) is 17.4 Å². The van der Waals surface area contributed by atoms with Gasteiger partial charge in [-0.2, -0.15) is 0 Å². The third kappa shape index (κ3) is 4.59. The van der Waals surface area contributed by atoms with Crippen molar-refractivity contribution >= 4 is 33.0 Å². The zero-order chi connectivity index (χ0) is 22.9. The van der Waals surface area contributed by atoms with Crippen LogP contribution in [0.25, 0.3) is 22.6 Å². The molecule has 0 spiro atoms. The Kier molecular flexibility index (Phi) is 5.86. The number of hydrogen-bond donors (Lipinski definition) is 1. The summed E-state index contributed by atoms with van der Waals surface area (Å²) in [6, 6.07) is 17.0. The lowest BCUT2D eigenvalue weighted by Gasteiger charge is -2.13. The smallest absolute Gasteiger partial charge is 0.256 e. The van der Waals surface area contributed by atoms with E-state index in [0.29, 0.717) is 33.3 Å². The molecule has 162 valence electrons. The summed E-state index contributed by atoms with van der Waals surface area (Å²) < 4.78 is 29.5.